The Morgan fingerprint density at radius 3 is 2.89 bits per heavy atom. The van der Waals surface area contributed by atoms with Crippen molar-refractivity contribution in [1.82, 2.24) is 14.8 Å². The van der Waals surface area contributed by atoms with Crippen molar-refractivity contribution < 1.29 is 4.79 Å². The molecule has 0 fully saturated rings. The number of rotatable bonds is 5. The van der Waals surface area contributed by atoms with Crippen LogP contribution in [0.5, 0.6) is 0 Å². The van der Waals surface area contributed by atoms with Gasteiger partial charge in [0.1, 0.15) is 0 Å². The summed E-state index contributed by atoms with van der Waals surface area (Å²) in [5.41, 5.74) is 2.46. The minimum atomic E-state index is 0.0607. The molecule has 2 aromatic rings. The standard InChI is InChI=1S/C15H19N3O/c1-4-12(3)18-6-5-14(17-18)8-15(19)13-7-11(2)9-16-10-13/h5-7,9-10,12H,4,8H2,1-3H3. The number of carbonyl (C=O) groups excluding carboxylic acids is 1. The van der Waals surface area contributed by atoms with Gasteiger partial charge in [-0.1, -0.05) is 6.92 Å². The minimum Gasteiger partial charge on any atom is -0.294 e. The lowest BCUT2D eigenvalue weighted by atomic mass is 10.1. The van der Waals surface area contributed by atoms with Gasteiger partial charge in [-0.25, -0.2) is 0 Å². The molecule has 2 heterocycles. The molecule has 19 heavy (non-hydrogen) atoms. The van der Waals surface area contributed by atoms with Crippen molar-refractivity contribution in [3.8, 4) is 0 Å². The van der Waals surface area contributed by atoms with Crippen LogP contribution in [0.4, 0.5) is 0 Å². The van der Waals surface area contributed by atoms with E-state index in [1.54, 1.807) is 12.4 Å². The van der Waals surface area contributed by atoms with E-state index in [1.165, 1.54) is 0 Å². The number of hydrogen-bond acceptors (Lipinski definition) is 3. The third-order valence-corrected chi connectivity index (χ3v) is 3.24. The smallest absolute Gasteiger partial charge is 0.170 e. The molecule has 0 radical (unpaired) electrons. The number of nitrogens with zero attached hydrogens (tertiary/aromatic N) is 3. The molecule has 100 valence electrons. The molecule has 2 aromatic heterocycles. The second kappa shape index (κ2) is 5.78. The molecule has 0 saturated heterocycles. The fraction of sp³-hybridized carbons (Fsp3) is 0.400. The van der Waals surface area contributed by atoms with Gasteiger partial charge in [-0.05, 0) is 38.0 Å². The SMILES string of the molecule is CCC(C)n1ccc(CC(=O)c2cncc(C)c2)n1. The average Bonchev–Trinajstić information content (AvgIpc) is 2.86. The van der Waals surface area contributed by atoms with Gasteiger partial charge in [-0.15, -0.1) is 0 Å². The lowest BCUT2D eigenvalue weighted by Crippen LogP contribution is -2.08. The number of hydrogen-bond donors (Lipinski definition) is 0. The summed E-state index contributed by atoms with van der Waals surface area (Å²) >= 11 is 0. The molecule has 0 amide bonds. The monoisotopic (exact) mass is 257 g/mol. The van der Waals surface area contributed by atoms with E-state index >= 15 is 0 Å². The lowest BCUT2D eigenvalue weighted by Gasteiger charge is -2.08. The third kappa shape index (κ3) is 3.28. The Morgan fingerprint density at radius 1 is 1.42 bits per heavy atom. The molecular weight excluding hydrogens is 238 g/mol. The summed E-state index contributed by atoms with van der Waals surface area (Å²) in [6, 6.07) is 4.14. The summed E-state index contributed by atoms with van der Waals surface area (Å²) in [6.07, 6.45) is 6.64. The highest BCUT2D eigenvalue weighted by atomic mass is 16.1. The van der Waals surface area contributed by atoms with Crippen LogP contribution in [0.2, 0.25) is 0 Å². The number of aryl methyl sites for hydroxylation is 1. The molecule has 0 aliphatic rings. The van der Waals surface area contributed by atoms with E-state index in [4.69, 9.17) is 0 Å². The summed E-state index contributed by atoms with van der Waals surface area (Å²) in [4.78, 5) is 16.2. The number of aromatic nitrogens is 3. The first-order chi connectivity index (χ1) is 9.10. The van der Waals surface area contributed by atoms with Gasteiger partial charge in [0.25, 0.3) is 0 Å². The highest BCUT2D eigenvalue weighted by Crippen LogP contribution is 2.11. The van der Waals surface area contributed by atoms with Crippen LogP contribution in [0.3, 0.4) is 0 Å². The highest BCUT2D eigenvalue weighted by molar-refractivity contribution is 5.97. The van der Waals surface area contributed by atoms with Crippen LogP contribution in [0.1, 0.15) is 47.9 Å². The second-order valence-corrected chi connectivity index (χ2v) is 4.90. The highest BCUT2D eigenvalue weighted by Gasteiger charge is 2.11. The largest absolute Gasteiger partial charge is 0.294 e. The average molecular weight is 257 g/mol. The zero-order chi connectivity index (χ0) is 13.8. The molecule has 0 bridgehead atoms. The van der Waals surface area contributed by atoms with Gasteiger partial charge < -0.3 is 0 Å². The summed E-state index contributed by atoms with van der Waals surface area (Å²) in [6.45, 7) is 6.17. The Labute approximate surface area is 113 Å². The van der Waals surface area contributed by atoms with Gasteiger partial charge in [0.05, 0.1) is 12.1 Å². The van der Waals surface area contributed by atoms with E-state index in [0.29, 0.717) is 18.0 Å². The van der Waals surface area contributed by atoms with E-state index < -0.39 is 0 Å². The van der Waals surface area contributed by atoms with E-state index in [-0.39, 0.29) is 5.78 Å². The van der Waals surface area contributed by atoms with Crippen LogP contribution < -0.4 is 0 Å². The zero-order valence-electron chi connectivity index (χ0n) is 11.6. The van der Waals surface area contributed by atoms with Gasteiger partial charge in [-0.2, -0.15) is 5.10 Å². The first-order valence-corrected chi connectivity index (χ1v) is 6.59. The van der Waals surface area contributed by atoms with Crippen molar-refractivity contribution in [3.63, 3.8) is 0 Å². The molecule has 0 saturated carbocycles. The van der Waals surface area contributed by atoms with Crippen LogP contribution in [0, 0.1) is 6.92 Å². The van der Waals surface area contributed by atoms with E-state index in [1.807, 2.05) is 29.9 Å². The molecule has 0 aromatic carbocycles. The molecule has 1 unspecified atom stereocenters. The Hall–Kier alpha value is -1.97. The van der Waals surface area contributed by atoms with Crippen LogP contribution >= 0.6 is 0 Å². The molecule has 0 spiro atoms. The van der Waals surface area contributed by atoms with Crippen LogP contribution in [-0.2, 0) is 6.42 Å². The molecular formula is C15H19N3O. The quantitative estimate of drug-likeness (QED) is 0.774. The fourth-order valence-corrected chi connectivity index (χ4v) is 1.88. The van der Waals surface area contributed by atoms with Crippen LogP contribution in [0.25, 0.3) is 0 Å². The molecule has 0 N–H and O–H groups in total. The van der Waals surface area contributed by atoms with Crippen LogP contribution in [0.15, 0.2) is 30.7 Å². The number of pyridine rings is 1. The first-order valence-electron chi connectivity index (χ1n) is 6.59. The van der Waals surface area contributed by atoms with E-state index in [0.717, 1.165) is 17.7 Å². The topological polar surface area (TPSA) is 47.8 Å². The maximum Gasteiger partial charge on any atom is 0.170 e. The Morgan fingerprint density at radius 2 is 2.21 bits per heavy atom. The Balaban J connectivity index is 2.09. The maximum atomic E-state index is 12.1. The van der Waals surface area contributed by atoms with E-state index in [9.17, 15) is 4.79 Å². The van der Waals surface area contributed by atoms with Gasteiger partial charge in [0.2, 0.25) is 0 Å². The van der Waals surface area contributed by atoms with Crippen molar-refractivity contribution in [2.24, 2.45) is 0 Å². The maximum absolute atomic E-state index is 12.1. The summed E-state index contributed by atoms with van der Waals surface area (Å²) in [5, 5.41) is 4.44. The molecule has 4 heteroatoms. The van der Waals surface area contributed by atoms with Crippen molar-refractivity contribution in [2.45, 2.75) is 39.7 Å². The Kier molecular flexibility index (Phi) is 4.10. The predicted molar refractivity (Wildman–Crippen MR) is 74.2 cm³/mol. The zero-order valence-corrected chi connectivity index (χ0v) is 11.6. The normalized spacial score (nSPS) is 12.4. The Bertz CT molecular complexity index is 574. The molecule has 4 nitrogen and oxygen atoms in total. The number of Topliss-reactive ketones (excluding diaryl/α,β-unsaturated/α-hetero) is 1. The van der Waals surface area contributed by atoms with Gasteiger partial charge >= 0.3 is 0 Å². The van der Waals surface area contributed by atoms with E-state index in [2.05, 4.69) is 23.9 Å². The van der Waals surface area contributed by atoms with Crippen molar-refractivity contribution >= 4 is 5.78 Å². The van der Waals surface area contributed by atoms with Crippen molar-refractivity contribution in [1.29, 1.82) is 0 Å². The fourth-order valence-electron chi connectivity index (χ4n) is 1.88. The summed E-state index contributed by atoms with van der Waals surface area (Å²) in [5.74, 6) is 0.0607. The summed E-state index contributed by atoms with van der Waals surface area (Å²) in [7, 11) is 0. The van der Waals surface area contributed by atoms with Gasteiger partial charge in [-0.3, -0.25) is 14.5 Å². The predicted octanol–water partition coefficient (Wildman–Crippen LogP) is 2.98. The minimum absolute atomic E-state index is 0.0607. The van der Waals surface area contributed by atoms with Crippen molar-refractivity contribution in [2.75, 3.05) is 0 Å². The first kappa shape index (κ1) is 13.5. The molecule has 1 atom stereocenters. The number of ketones is 1. The second-order valence-electron chi connectivity index (χ2n) is 4.90. The number of carbonyl (C=O) groups is 1. The molecule has 2 rings (SSSR count). The lowest BCUT2D eigenvalue weighted by molar-refractivity contribution is 0.0991. The molecule has 0 aliphatic carbocycles. The third-order valence-electron chi connectivity index (χ3n) is 3.24. The molecule has 0 aliphatic heterocycles. The van der Waals surface area contributed by atoms with Crippen LogP contribution in [-0.4, -0.2) is 20.5 Å². The van der Waals surface area contributed by atoms with Gasteiger partial charge in [0.15, 0.2) is 5.78 Å². The van der Waals surface area contributed by atoms with Gasteiger partial charge in [0, 0.05) is 30.2 Å². The van der Waals surface area contributed by atoms with Crippen molar-refractivity contribution in [3.05, 3.63) is 47.5 Å². The summed E-state index contributed by atoms with van der Waals surface area (Å²) < 4.78 is 1.91.